The molecule has 1 heterocycles. The van der Waals surface area contributed by atoms with Gasteiger partial charge in [0.05, 0.1) is 13.1 Å². The molecule has 3 N–H and O–H groups in total. The van der Waals surface area contributed by atoms with Gasteiger partial charge in [0.1, 0.15) is 11.6 Å². The molecule has 0 radical (unpaired) electrons. The summed E-state index contributed by atoms with van der Waals surface area (Å²) in [5.41, 5.74) is 6.02. The molecule has 1 aromatic heterocycles. The summed E-state index contributed by atoms with van der Waals surface area (Å²) in [5, 5.41) is 0. The molecule has 2 aromatic carbocycles. The van der Waals surface area contributed by atoms with Crippen molar-refractivity contribution in [3.8, 4) is 0 Å². The number of carbonyl (C=O) groups excluding carboxylic acids is 1. The third-order valence-electron chi connectivity index (χ3n) is 5.09. The number of aromatic nitrogens is 2. The number of rotatable bonds is 8. The van der Waals surface area contributed by atoms with Crippen molar-refractivity contribution in [3.63, 3.8) is 0 Å². The zero-order valence-corrected chi connectivity index (χ0v) is 18.0. The van der Waals surface area contributed by atoms with Crippen molar-refractivity contribution in [3.05, 3.63) is 92.4 Å². The topological polar surface area (TPSA) is 104 Å². The van der Waals surface area contributed by atoms with E-state index in [0.29, 0.717) is 5.56 Å². The number of carbonyl (C=O) groups is 1. The molecule has 0 aliphatic rings. The van der Waals surface area contributed by atoms with E-state index in [2.05, 4.69) is 4.98 Å². The normalized spacial score (nSPS) is 11.0. The van der Waals surface area contributed by atoms with Crippen LogP contribution in [0.15, 0.2) is 64.2 Å². The lowest BCUT2D eigenvalue weighted by Crippen LogP contribution is -2.44. The quantitative estimate of drug-likeness (QED) is 0.557. The van der Waals surface area contributed by atoms with Gasteiger partial charge in [0.25, 0.3) is 5.56 Å². The van der Waals surface area contributed by atoms with E-state index in [9.17, 15) is 18.8 Å². The number of nitrogens with zero attached hydrogens (tertiary/aromatic N) is 3. The number of likely N-dealkylation sites (N-methyl/N-ethyl adjacent to an activating group) is 2. The number of amides is 1. The van der Waals surface area contributed by atoms with E-state index in [-0.39, 0.29) is 43.5 Å². The summed E-state index contributed by atoms with van der Waals surface area (Å²) in [6.07, 6.45) is 0. The molecular formula is C23H26FN5O3. The lowest BCUT2D eigenvalue weighted by Gasteiger charge is -2.25. The number of benzene rings is 2. The highest BCUT2D eigenvalue weighted by Crippen LogP contribution is 2.18. The molecule has 1 amide bonds. The minimum Gasteiger partial charge on any atom is -0.383 e. The number of anilines is 2. The summed E-state index contributed by atoms with van der Waals surface area (Å²) >= 11 is 0. The number of nitrogens with one attached hydrogen (secondary N) is 1. The first-order chi connectivity index (χ1) is 15.3. The summed E-state index contributed by atoms with van der Waals surface area (Å²) < 4.78 is 15.2. The van der Waals surface area contributed by atoms with Crippen molar-refractivity contribution in [2.45, 2.75) is 20.0 Å². The average molecular weight is 439 g/mol. The first-order valence-corrected chi connectivity index (χ1v) is 10.2. The molecule has 0 spiro atoms. The van der Waals surface area contributed by atoms with Crippen LogP contribution in [0, 0.1) is 5.82 Å². The van der Waals surface area contributed by atoms with E-state index in [1.807, 2.05) is 30.3 Å². The van der Waals surface area contributed by atoms with Gasteiger partial charge >= 0.3 is 5.69 Å². The van der Waals surface area contributed by atoms with Gasteiger partial charge in [-0.2, -0.15) is 0 Å². The maximum Gasteiger partial charge on any atom is 0.330 e. The highest BCUT2D eigenvalue weighted by molar-refractivity contribution is 5.96. The average Bonchev–Trinajstić information content (AvgIpc) is 2.76. The minimum atomic E-state index is -0.733. The number of halogens is 1. The summed E-state index contributed by atoms with van der Waals surface area (Å²) in [7, 11) is 1.68. The molecule has 0 bridgehead atoms. The van der Waals surface area contributed by atoms with Crippen molar-refractivity contribution in [1.82, 2.24) is 14.5 Å². The highest BCUT2D eigenvalue weighted by atomic mass is 19.1. The standard InChI is InChI=1S/C23H26FN5O3/c1-3-28(19(30)15-27(2)14-17-11-7-8-12-18(17)24)20-21(25)29(23(32)26-22(20)31)13-16-9-5-4-6-10-16/h4-12H,3,13-15,25H2,1-2H3,(H,26,31,32). The fourth-order valence-electron chi connectivity index (χ4n) is 3.51. The Labute approximate surface area is 184 Å². The second-order valence-electron chi connectivity index (χ2n) is 7.47. The van der Waals surface area contributed by atoms with Crippen LogP contribution in [0.25, 0.3) is 0 Å². The fraction of sp³-hybridized carbons (Fsp3) is 0.261. The second-order valence-corrected chi connectivity index (χ2v) is 7.47. The highest BCUT2D eigenvalue weighted by Gasteiger charge is 2.24. The molecule has 0 atom stereocenters. The number of H-pyrrole nitrogens is 1. The Morgan fingerprint density at radius 2 is 1.75 bits per heavy atom. The predicted octanol–water partition coefficient (Wildman–Crippen LogP) is 1.79. The van der Waals surface area contributed by atoms with Crippen LogP contribution >= 0.6 is 0 Å². The molecule has 0 unspecified atom stereocenters. The summed E-state index contributed by atoms with van der Waals surface area (Å²) in [4.78, 5) is 43.1. The van der Waals surface area contributed by atoms with Crippen LogP contribution in [0.5, 0.6) is 0 Å². The van der Waals surface area contributed by atoms with E-state index in [0.717, 1.165) is 5.56 Å². The monoisotopic (exact) mass is 439 g/mol. The summed E-state index contributed by atoms with van der Waals surface area (Å²) in [5.74, 6) is -0.837. The first kappa shape index (κ1) is 23.0. The Bertz CT molecular complexity index is 1210. The van der Waals surface area contributed by atoms with Gasteiger partial charge < -0.3 is 10.6 Å². The first-order valence-electron chi connectivity index (χ1n) is 10.2. The zero-order chi connectivity index (χ0) is 23.3. The van der Waals surface area contributed by atoms with Crippen molar-refractivity contribution in [2.24, 2.45) is 0 Å². The molecule has 0 aliphatic carbocycles. The second kappa shape index (κ2) is 10.1. The molecule has 3 rings (SSSR count). The third kappa shape index (κ3) is 5.12. The number of aromatic amines is 1. The molecule has 0 fully saturated rings. The minimum absolute atomic E-state index is 0.0706. The zero-order valence-electron chi connectivity index (χ0n) is 18.0. The van der Waals surface area contributed by atoms with Crippen molar-refractivity contribution < 1.29 is 9.18 Å². The van der Waals surface area contributed by atoms with Gasteiger partial charge in [-0.3, -0.25) is 24.0 Å². The van der Waals surface area contributed by atoms with Crippen molar-refractivity contribution in [2.75, 3.05) is 30.8 Å². The molecule has 9 heteroatoms. The lowest BCUT2D eigenvalue weighted by molar-refractivity contribution is -0.119. The molecule has 32 heavy (non-hydrogen) atoms. The Balaban J connectivity index is 1.86. The molecule has 8 nitrogen and oxygen atoms in total. The molecule has 0 aliphatic heterocycles. The molecule has 0 saturated carbocycles. The molecule has 0 saturated heterocycles. The van der Waals surface area contributed by atoms with Gasteiger partial charge in [-0.15, -0.1) is 0 Å². The van der Waals surface area contributed by atoms with E-state index in [4.69, 9.17) is 5.73 Å². The number of hydrogen-bond donors (Lipinski definition) is 2. The van der Waals surface area contributed by atoms with Crippen LogP contribution in [0.4, 0.5) is 15.9 Å². The SMILES string of the molecule is CCN(C(=O)CN(C)Cc1ccccc1F)c1c(N)n(Cc2ccccc2)c(=O)[nH]c1=O. The maximum absolute atomic E-state index is 13.9. The Kier molecular flexibility index (Phi) is 7.21. The lowest BCUT2D eigenvalue weighted by atomic mass is 10.2. The van der Waals surface area contributed by atoms with E-state index in [1.54, 1.807) is 37.1 Å². The largest absolute Gasteiger partial charge is 0.383 e. The van der Waals surface area contributed by atoms with Gasteiger partial charge in [-0.1, -0.05) is 48.5 Å². The number of hydrogen-bond acceptors (Lipinski definition) is 5. The predicted molar refractivity (Wildman–Crippen MR) is 122 cm³/mol. The Morgan fingerprint density at radius 1 is 1.09 bits per heavy atom. The number of nitrogens with two attached hydrogens (primary N) is 1. The molecule has 3 aromatic rings. The Morgan fingerprint density at radius 3 is 2.41 bits per heavy atom. The van der Waals surface area contributed by atoms with Gasteiger partial charge in [-0.05, 0) is 25.6 Å². The Hall–Kier alpha value is -3.72. The van der Waals surface area contributed by atoms with Crippen LogP contribution in [0.2, 0.25) is 0 Å². The van der Waals surface area contributed by atoms with E-state index >= 15 is 0 Å². The summed E-state index contributed by atoms with van der Waals surface area (Å²) in [6, 6.07) is 15.5. The van der Waals surface area contributed by atoms with Crippen molar-refractivity contribution in [1.29, 1.82) is 0 Å². The smallest absolute Gasteiger partial charge is 0.330 e. The van der Waals surface area contributed by atoms with Gasteiger partial charge in [0, 0.05) is 18.7 Å². The van der Waals surface area contributed by atoms with Crippen LogP contribution in [0.1, 0.15) is 18.1 Å². The van der Waals surface area contributed by atoms with Crippen LogP contribution in [-0.4, -0.2) is 40.5 Å². The van der Waals surface area contributed by atoms with Gasteiger partial charge in [0.15, 0.2) is 5.69 Å². The van der Waals surface area contributed by atoms with Crippen LogP contribution < -0.4 is 21.9 Å². The van der Waals surface area contributed by atoms with E-state index in [1.165, 1.54) is 15.5 Å². The molecular weight excluding hydrogens is 413 g/mol. The van der Waals surface area contributed by atoms with Crippen LogP contribution in [-0.2, 0) is 17.9 Å². The molecule has 168 valence electrons. The van der Waals surface area contributed by atoms with Crippen molar-refractivity contribution >= 4 is 17.4 Å². The van der Waals surface area contributed by atoms with Gasteiger partial charge in [0.2, 0.25) is 5.91 Å². The van der Waals surface area contributed by atoms with Gasteiger partial charge in [-0.25, -0.2) is 9.18 Å². The van der Waals surface area contributed by atoms with E-state index < -0.39 is 17.2 Å². The summed E-state index contributed by atoms with van der Waals surface area (Å²) in [6.45, 7) is 2.17. The number of nitrogen functional groups attached to an aromatic ring is 1. The third-order valence-corrected chi connectivity index (χ3v) is 5.09. The fourth-order valence-corrected chi connectivity index (χ4v) is 3.51. The maximum atomic E-state index is 13.9. The van der Waals surface area contributed by atoms with Crippen LogP contribution in [0.3, 0.4) is 0 Å².